The maximum atomic E-state index is 11.2. The Bertz CT molecular complexity index is 675. The summed E-state index contributed by atoms with van der Waals surface area (Å²) in [6.45, 7) is 2.48. The Morgan fingerprint density at radius 2 is 2.25 bits per heavy atom. The summed E-state index contributed by atoms with van der Waals surface area (Å²) in [6, 6.07) is 7.09. The number of rotatable bonds is 2. The number of oxazole rings is 1. The third kappa shape index (κ3) is 2.12. The summed E-state index contributed by atoms with van der Waals surface area (Å²) in [5.74, 6) is -0.392. The Balaban J connectivity index is 1.50. The number of nitrogens with zero attached hydrogens (tertiary/aromatic N) is 1. The van der Waals surface area contributed by atoms with Gasteiger partial charge in [0.1, 0.15) is 0 Å². The third-order valence-corrected chi connectivity index (χ3v) is 4.61. The van der Waals surface area contributed by atoms with E-state index >= 15 is 0 Å². The number of hydrogen-bond acceptors (Lipinski definition) is 4. The highest BCUT2D eigenvalue weighted by molar-refractivity contribution is 5.76. The van der Waals surface area contributed by atoms with Crippen molar-refractivity contribution in [2.24, 2.45) is 0 Å². The Labute approximate surface area is 117 Å². The first kappa shape index (κ1) is 12.0. The van der Waals surface area contributed by atoms with Crippen molar-refractivity contribution in [1.29, 1.82) is 0 Å². The lowest BCUT2D eigenvalue weighted by Crippen LogP contribution is -2.42. The van der Waals surface area contributed by atoms with Crippen LogP contribution in [0.25, 0.3) is 11.1 Å². The van der Waals surface area contributed by atoms with E-state index in [4.69, 9.17) is 4.42 Å². The normalized spacial score (nSPS) is 26.8. The van der Waals surface area contributed by atoms with Gasteiger partial charge in [-0.2, -0.15) is 0 Å². The van der Waals surface area contributed by atoms with E-state index in [1.54, 1.807) is 0 Å². The largest absolute Gasteiger partial charge is 0.417 e. The molecule has 2 aliphatic heterocycles. The molecule has 2 atom stereocenters. The molecule has 0 radical (unpaired) electrons. The van der Waals surface area contributed by atoms with Gasteiger partial charge in [0.15, 0.2) is 5.58 Å². The predicted octanol–water partition coefficient (Wildman–Crippen LogP) is 2.16. The van der Waals surface area contributed by atoms with Gasteiger partial charge >= 0.3 is 5.76 Å². The number of anilines is 1. The molecule has 5 heteroatoms. The number of H-pyrrole nitrogens is 1. The number of hydrogen-bond donors (Lipinski definition) is 2. The van der Waals surface area contributed by atoms with Gasteiger partial charge in [-0.1, -0.05) is 0 Å². The molecular formula is C15H19N3O2. The van der Waals surface area contributed by atoms with Gasteiger partial charge in [-0.3, -0.25) is 4.98 Å². The first-order valence-electron chi connectivity index (χ1n) is 7.41. The lowest BCUT2D eigenvalue weighted by atomic mass is 9.97. The molecule has 0 amide bonds. The summed E-state index contributed by atoms with van der Waals surface area (Å²) in [6.07, 6.45) is 5.10. The molecule has 1 aromatic heterocycles. The molecule has 20 heavy (non-hydrogen) atoms. The zero-order valence-electron chi connectivity index (χ0n) is 11.4. The highest BCUT2D eigenvalue weighted by Crippen LogP contribution is 2.29. The van der Waals surface area contributed by atoms with Gasteiger partial charge < -0.3 is 14.6 Å². The van der Waals surface area contributed by atoms with E-state index in [0.717, 1.165) is 17.2 Å². The highest BCUT2D eigenvalue weighted by Gasteiger charge is 2.31. The SMILES string of the molecule is O=c1[nH]c2cc(NC3CCN4CCCC4C3)ccc2o1. The van der Waals surface area contributed by atoms with E-state index in [2.05, 4.69) is 15.2 Å². The van der Waals surface area contributed by atoms with Crippen LogP contribution in [0.4, 0.5) is 5.69 Å². The van der Waals surface area contributed by atoms with Gasteiger partial charge in [0.25, 0.3) is 0 Å². The number of benzene rings is 1. The van der Waals surface area contributed by atoms with E-state index in [-0.39, 0.29) is 0 Å². The monoisotopic (exact) mass is 273 g/mol. The molecule has 0 saturated carbocycles. The van der Waals surface area contributed by atoms with Crippen LogP contribution in [0.2, 0.25) is 0 Å². The van der Waals surface area contributed by atoms with Gasteiger partial charge in [0.05, 0.1) is 5.52 Å². The smallest absolute Gasteiger partial charge is 0.408 e. The van der Waals surface area contributed by atoms with Crippen LogP contribution in [0, 0.1) is 0 Å². The Morgan fingerprint density at radius 3 is 3.20 bits per heavy atom. The second-order valence-corrected chi connectivity index (χ2v) is 5.92. The summed E-state index contributed by atoms with van der Waals surface area (Å²) >= 11 is 0. The van der Waals surface area contributed by atoms with Crippen LogP contribution in [0.15, 0.2) is 27.4 Å². The molecule has 2 aromatic rings. The van der Waals surface area contributed by atoms with Gasteiger partial charge in [0.2, 0.25) is 0 Å². The van der Waals surface area contributed by atoms with Gasteiger partial charge in [-0.15, -0.1) is 0 Å². The molecule has 2 unspecified atom stereocenters. The van der Waals surface area contributed by atoms with Gasteiger partial charge in [-0.05, 0) is 50.4 Å². The van der Waals surface area contributed by atoms with Crippen molar-refractivity contribution in [1.82, 2.24) is 9.88 Å². The van der Waals surface area contributed by atoms with E-state index in [1.165, 1.54) is 38.8 Å². The fraction of sp³-hybridized carbons (Fsp3) is 0.533. The number of fused-ring (bicyclic) bond motifs is 2. The average Bonchev–Trinajstić information content (AvgIpc) is 3.02. The molecule has 106 valence electrons. The molecule has 2 saturated heterocycles. The molecule has 2 fully saturated rings. The first-order valence-corrected chi connectivity index (χ1v) is 7.41. The number of aromatic amines is 1. The summed E-state index contributed by atoms with van der Waals surface area (Å²) in [4.78, 5) is 16.5. The zero-order chi connectivity index (χ0) is 13.5. The van der Waals surface area contributed by atoms with Crippen molar-refractivity contribution in [3.63, 3.8) is 0 Å². The van der Waals surface area contributed by atoms with Crippen LogP contribution in [-0.2, 0) is 0 Å². The Kier molecular flexibility index (Phi) is 2.80. The molecule has 0 aliphatic carbocycles. The second kappa shape index (κ2) is 4.66. The number of nitrogens with one attached hydrogen (secondary N) is 2. The molecule has 5 nitrogen and oxygen atoms in total. The molecule has 0 bridgehead atoms. The van der Waals surface area contributed by atoms with E-state index in [0.29, 0.717) is 11.6 Å². The fourth-order valence-electron chi connectivity index (χ4n) is 3.63. The predicted molar refractivity (Wildman–Crippen MR) is 78.1 cm³/mol. The molecule has 4 rings (SSSR count). The minimum Gasteiger partial charge on any atom is -0.408 e. The standard InChI is InChI=1S/C15H19N3O2/c19-15-17-13-9-10(3-4-14(13)20-15)16-11-5-7-18-6-1-2-12(18)8-11/h3-4,9,11-12,16H,1-2,5-8H2,(H,17,19). The quantitative estimate of drug-likeness (QED) is 0.880. The van der Waals surface area contributed by atoms with Crippen LogP contribution in [0.1, 0.15) is 25.7 Å². The summed E-state index contributed by atoms with van der Waals surface area (Å²) in [5.41, 5.74) is 2.44. The topological polar surface area (TPSA) is 61.3 Å². The van der Waals surface area contributed by atoms with Crippen molar-refractivity contribution in [3.05, 3.63) is 28.7 Å². The Hall–Kier alpha value is -1.75. The minimum atomic E-state index is -0.392. The molecular weight excluding hydrogens is 254 g/mol. The lowest BCUT2D eigenvalue weighted by molar-refractivity contribution is 0.188. The zero-order valence-corrected chi connectivity index (χ0v) is 11.4. The van der Waals surface area contributed by atoms with Crippen molar-refractivity contribution in [3.8, 4) is 0 Å². The first-order chi connectivity index (χ1) is 9.78. The van der Waals surface area contributed by atoms with Crippen molar-refractivity contribution in [2.45, 2.75) is 37.8 Å². The van der Waals surface area contributed by atoms with Crippen molar-refractivity contribution >= 4 is 16.8 Å². The van der Waals surface area contributed by atoms with E-state index < -0.39 is 5.76 Å². The molecule has 3 heterocycles. The van der Waals surface area contributed by atoms with Crippen molar-refractivity contribution < 1.29 is 4.42 Å². The average molecular weight is 273 g/mol. The third-order valence-electron chi connectivity index (χ3n) is 4.61. The molecule has 0 spiro atoms. The van der Waals surface area contributed by atoms with Crippen LogP contribution < -0.4 is 11.1 Å². The maximum absolute atomic E-state index is 11.2. The Morgan fingerprint density at radius 1 is 1.30 bits per heavy atom. The lowest BCUT2D eigenvalue weighted by Gasteiger charge is -2.35. The van der Waals surface area contributed by atoms with E-state index in [9.17, 15) is 4.79 Å². The minimum absolute atomic E-state index is 0.392. The molecule has 2 N–H and O–H groups in total. The van der Waals surface area contributed by atoms with Crippen LogP contribution in [0.5, 0.6) is 0 Å². The fourth-order valence-corrected chi connectivity index (χ4v) is 3.63. The second-order valence-electron chi connectivity index (χ2n) is 5.92. The van der Waals surface area contributed by atoms with Crippen LogP contribution >= 0.6 is 0 Å². The van der Waals surface area contributed by atoms with Gasteiger partial charge in [0, 0.05) is 24.3 Å². The van der Waals surface area contributed by atoms with Crippen LogP contribution in [-0.4, -0.2) is 35.1 Å². The molecule has 1 aromatic carbocycles. The molecule has 2 aliphatic rings. The van der Waals surface area contributed by atoms with Crippen LogP contribution in [0.3, 0.4) is 0 Å². The maximum Gasteiger partial charge on any atom is 0.417 e. The highest BCUT2D eigenvalue weighted by atomic mass is 16.4. The summed E-state index contributed by atoms with van der Waals surface area (Å²) < 4.78 is 5.02. The number of aromatic nitrogens is 1. The summed E-state index contributed by atoms with van der Waals surface area (Å²) in [5, 5.41) is 3.60. The van der Waals surface area contributed by atoms with Crippen molar-refractivity contribution in [2.75, 3.05) is 18.4 Å². The summed E-state index contributed by atoms with van der Waals surface area (Å²) in [7, 11) is 0. The van der Waals surface area contributed by atoms with Gasteiger partial charge in [-0.25, -0.2) is 4.79 Å². The number of piperidine rings is 1. The van der Waals surface area contributed by atoms with E-state index in [1.807, 2.05) is 18.2 Å².